The first-order chi connectivity index (χ1) is 11.0. The van der Waals surface area contributed by atoms with E-state index >= 15 is 0 Å². The number of carboxylic acids is 1. The van der Waals surface area contributed by atoms with Gasteiger partial charge in [0.1, 0.15) is 17.2 Å². The van der Waals surface area contributed by atoms with E-state index in [0.29, 0.717) is 11.5 Å². The van der Waals surface area contributed by atoms with Crippen LogP contribution in [0.1, 0.15) is 10.5 Å². The number of aromatic carboxylic acids is 1. The molecule has 3 aromatic rings. The van der Waals surface area contributed by atoms with Crippen molar-refractivity contribution in [1.82, 2.24) is 4.57 Å². The van der Waals surface area contributed by atoms with Crippen molar-refractivity contribution in [2.24, 2.45) is 7.05 Å². The van der Waals surface area contributed by atoms with Gasteiger partial charge in [-0.05, 0) is 23.8 Å². The van der Waals surface area contributed by atoms with E-state index in [4.69, 9.17) is 9.47 Å². The summed E-state index contributed by atoms with van der Waals surface area (Å²) >= 11 is 0. The van der Waals surface area contributed by atoms with Crippen LogP contribution >= 0.6 is 0 Å². The summed E-state index contributed by atoms with van der Waals surface area (Å²) in [5.74, 6) is 0.422. The number of nitrogens with zero attached hydrogens (tertiary/aromatic N) is 1. The average Bonchev–Trinajstić information content (AvgIpc) is 2.91. The van der Waals surface area contributed by atoms with Gasteiger partial charge in [0.25, 0.3) is 0 Å². The number of aryl methyl sites for hydroxylation is 1. The van der Waals surface area contributed by atoms with Crippen molar-refractivity contribution in [3.63, 3.8) is 0 Å². The van der Waals surface area contributed by atoms with Crippen molar-refractivity contribution in [2.45, 2.75) is 0 Å². The normalized spacial score (nSPS) is 10.7. The van der Waals surface area contributed by atoms with E-state index in [0.717, 1.165) is 22.0 Å². The Labute approximate surface area is 133 Å². The minimum atomic E-state index is -0.946. The molecule has 0 aliphatic rings. The predicted octanol–water partition coefficient (Wildman–Crippen LogP) is 3.56. The van der Waals surface area contributed by atoms with Gasteiger partial charge in [-0.1, -0.05) is 18.2 Å². The summed E-state index contributed by atoms with van der Waals surface area (Å²) in [6.45, 7) is 0. The SMILES string of the molecule is COc1cc(OC)cc(-c2cccc3cc(C(=O)O)n(C)c23)c1. The summed E-state index contributed by atoms with van der Waals surface area (Å²) < 4.78 is 12.3. The molecule has 0 amide bonds. The standard InChI is InChI=1S/C18H17NO4/c1-19-16(18(20)21)9-11-5-4-6-15(17(11)19)12-7-13(22-2)10-14(8-12)23-3/h4-10H,1-3H3,(H,20,21). The van der Waals surface area contributed by atoms with Crippen LogP contribution in [0.15, 0.2) is 42.5 Å². The summed E-state index contributed by atoms with van der Waals surface area (Å²) in [7, 11) is 4.96. The van der Waals surface area contributed by atoms with Gasteiger partial charge in [0.05, 0.1) is 19.7 Å². The third-order valence-corrected chi connectivity index (χ3v) is 3.94. The van der Waals surface area contributed by atoms with Crippen LogP contribution < -0.4 is 9.47 Å². The van der Waals surface area contributed by atoms with Crippen LogP contribution in [0.5, 0.6) is 11.5 Å². The fraction of sp³-hybridized carbons (Fsp3) is 0.167. The molecule has 0 aliphatic heterocycles. The maximum Gasteiger partial charge on any atom is 0.352 e. The Kier molecular flexibility index (Phi) is 3.70. The minimum Gasteiger partial charge on any atom is -0.497 e. The van der Waals surface area contributed by atoms with Crippen LogP contribution in [0.3, 0.4) is 0 Å². The molecule has 0 bridgehead atoms. The second kappa shape index (κ2) is 5.68. The van der Waals surface area contributed by atoms with E-state index < -0.39 is 5.97 Å². The Hall–Kier alpha value is -2.95. The lowest BCUT2D eigenvalue weighted by Crippen LogP contribution is -2.04. The number of methoxy groups -OCH3 is 2. The number of rotatable bonds is 4. The predicted molar refractivity (Wildman–Crippen MR) is 88.4 cm³/mol. The molecular weight excluding hydrogens is 294 g/mol. The number of hydrogen-bond donors (Lipinski definition) is 1. The summed E-state index contributed by atoms with van der Waals surface area (Å²) in [5, 5.41) is 10.2. The van der Waals surface area contributed by atoms with Crippen molar-refractivity contribution in [3.8, 4) is 22.6 Å². The van der Waals surface area contributed by atoms with E-state index in [1.54, 1.807) is 38.0 Å². The molecule has 1 N–H and O–H groups in total. The number of ether oxygens (including phenoxy) is 2. The lowest BCUT2D eigenvalue weighted by Gasteiger charge is -2.11. The number of aromatic nitrogens is 1. The number of para-hydroxylation sites is 1. The van der Waals surface area contributed by atoms with E-state index in [-0.39, 0.29) is 5.69 Å². The average molecular weight is 311 g/mol. The van der Waals surface area contributed by atoms with Crippen molar-refractivity contribution >= 4 is 16.9 Å². The van der Waals surface area contributed by atoms with Gasteiger partial charge in [-0.25, -0.2) is 4.79 Å². The lowest BCUT2D eigenvalue weighted by molar-refractivity contribution is 0.0687. The van der Waals surface area contributed by atoms with Crippen LogP contribution in [0, 0.1) is 0 Å². The number of hydrogen-bond acceptors (Lipinski definition) is 3. The summed E-state index contributed by atoms with van der Waals surface area (Å²) in [4.78, 5) is 11.4. The first-order valence-electron chi connectivity index (χ1n) is 7.10. The minimum absolute atomic E-state index is 0.252. The molecular formula is C18H17NO4. The Morgan fingerprint density at radius 3 is 2.26 bits per heavy atom. The molecule has 23 heavy (non-hydrogen) atoms. The van der Waals surface area contributed by atoms with Crippen LogP contribution in [-0.2, 0) is 7.05 Å². The lowest BCUT2D eigenvalue weighted by atomic mass is 10.0. The molecule has 1 aromatic heterocycles. The zero-order chi connectivity index (χ0) is 16.6. The number of fused-ring (bicyclic) bond motifs is 1. The number of carbonyl (C=O) groups is 1. The van der Waals surface area contributed by atoms with Gasteiger partial charge in [-0.15, -0.1) is 0 Å². The van der Waals surface area contributed by atoms with Gasteiger partial charge in [0, 0.05) is 24.1 Å². The van der Waals surface area contributed by atoms with Gasteiger partial charge >= 0.3 is 5.97 Å². The first kappa shape index (κ1) is 15.0. The van der Waals surface area contributed by atoms with Crippen LogP contribution in [0.2, 0.25) is 0 Å². The van der Waals surface area contributed by atoms with Crippen molar-refractivity contribution in [1.29, 1.82) is 0 Å². The maximum absolute atomic E-state index is 11.4. The quantitative estimate of drug-likeness (QED) is 0.800. The Morgan fingerprint density at radius 1 is 1.04 bits per heavy atom. The molecule has 0 saturated heterocycles. The van der Waals surface area contributed by atoms with Gasteiger partial charge in [-0.2, -0.15) is 0 Å². The monoisotopic (exact) mass is 311 g/mol. The van der Waals surface area contributed by atoms with E-state index in [2.05, 4.69) is 0 Å². The third-order valence-electron chi connectivity index (χ3n) is 3.94. The summed E-state index contributed by atoms with van der Waals surface area (Å²) in [6.07, 6.45) is 0. The topological polar surface area (TPSA) is 60.7 Å². The number of benzene rings is 2. The molecule has 3 rings (SSSR count). The van der Waals surface area contributed by atoms with Crippen LogP contribution in [-0.4, -0.2) is 29.9 Å². The number of carboxylic acid groups (broad SMARTS) is 1. The molecule has 0 aliphatic carbocycles. The summed E-state index contributed by atoms with van der Waals surface area (Å²) in [5.41, 5.74) is 2.95. The van der Waals surface area contributed by atoms with Crippen molar-refractivity contribution in [2.75, 3.05) is 14.2 Å². The third kappa shape index (κ3) is 2.50. The molecule has 0 unspecified atom stereocenters. The highest BCUT2D eigenvalue weighted by molar-refractivity contribution is 6.01. The highest BCUT2D eigenvalue weighted by Gasteiger charge is 2.16. The zero-order valence-electron chi connectivity index (χ0n) is 13.2. The molecule has 0 spiro atoms. The van der Waals surface area contributed by atoms with Gasteiger partial charge in [-0.3, -0.25) is 0 Å². The molecule has 0 atom stereocenters. The van der Waals surface area contributed by atoms with Gasteiger partial charge < -0.3 is 19.1 Å². The van der Waals surface area contributed by atoms with Crippen LogP contribution in [0.25, 0.3) is 22.0 Å². The second-order valence-electron chi connectivity index (χ2n) is 5.24. The molecule has 2 aromatic carbocycles. The molecule has 1 heterocycles. The highest BCUT2D eigenvalue weighted by Crippen LogP contribution is 2.35. The van der Waals surface area contributed by atoms with Crippen molar-refractivity contribution < 1.29 is 19.4 Å². The summed E-state index contributed by atoms with van der Waals surface area (Å²) in [6, 6.07) is 13.1. The zero-order valence-corrected chi connectivity index (χ0v) is 13.2. The van der Waals surface area contributed by atoms with E-state index in [1.165, 1.54) is 0 Å². The molecule has 0 radical (unpaired) electrons. The maximum atomic E-state index is 11.4. The highest BCUT2D eigenvalue weighted by atomic mass is 16.5. The van der Waals surface area contributed by atoms with E-state index in [1.807, 2.05) is 30.3 Å². The largest absolute Gasteiger partial charge is 0.497 e. The molecule has 5 nitrogen and oxygen atoms in total. The molecule has 118 valence electrons. The Bertz CT molecular complexity index is 873. The first-order valence-corrected chi connectivity index (χ1v) is 7.10. The fourth-order valence-electron chi connectivity index (χ4n) is 2.82. The Morgan fingerprint density at radius 2 is 1.70 bits per heavy atom. The molecule has 0 saturated carbocycles. The van der Waals surface area contributed by atoms with E-state index in [9.17, 15) is 9.90 Å². The Balaban J connectivity index is 2.30. The fourth-order valence-corrected chi connectivity index (χ4v) is 2.82. The van der Waals surface area contributed by atoms with Crippen molar-refractivity contribution in [3.05, 3.63) is 48.2 Å². The molecule has 0 fully saturated rings. The van der Waals surface area contributed by atoms with Crippen LogP contribution in [0.4, 0.5) is 0 Å². The van der Waals surface area contributed by atoms with Gasteiger partial charge in [0.15, 0.2) is 0 Å². The second-order valence-corrected chi connectivity index (χ2v) is 5.24. The molecule has 5 heteroatoms. The van der Waals surface area contributed by atoms with Gasteiger partial charge in [0.2, 0.25) is 0 Å². The smallest absolute Gasteiger partial charge is 0.352 e.